The highest BCUT2D eigenvalue weighted by molar-refractivity contribution is 7.92. The van der Waals surface area contributed by atoms with E-state index < -0.39 is 16.1 Å². The second-order valence-corrected chi connectivity index (χ2v) is 15.5. The number of carbonyl (C=O) groups is 1. The van der Waals surface area contributed by atoms with E-state index in [9.17, 15) is 13.2 Å². The van der Waals surface area contributed by atoms with Crippen molar-refractivity contribution in [2.24, 2.45) is 5.41 Å². The van der Waals surface area contributed by atoms with Crippen molar-refractivity contribution >= 4 is 21.9 Å². The molecule has 1 atom stereocenters. The number of fused-ring (bicyclic) bond motifs is 4. The number of aryl methyl sites for hydroxylation is 2. The van der Waals surface area contributed by atoms with E-state index in [1.165, 1.54) is 12.1 Å². The topological polar surface area (TPSA) is 136 Å². The van der Waals surface area contributed by atoms with Gasteiger partial charge in [0.05, 0.1) is 23.2 Å². The van der Waals surface area contributed by atoms with Crippen molar-refractivity contribution < 1.29 is 22.7 Å². The van der Waals surface area contributed by atoms with Gasteiger partial charge in [-0.15, -0.1) is 0 Å². The van der Waals surface area contributed by atoms with E-state index in [2.05, 4.69) is 45.4 Å². The van der Waals surface area contributed by atoms with Crippen LogP contribution in [0.15, 0.2) is 65.8 Å². The van der Waals surface area contributed by atoms with E-state index in [1.807, 2.05) is 44.4 Å². The molecule has 11 nitrogen and oxygen atoms in total. The molecule has 1 N–H and O–H groups in total. The molecule has 0 saturated carbocycles. The van der Waals surface area contributed by atoms with Crippen LogP contribution in [0.1, 0.15) is 78.8 Å². The van der Waals surface area contributed by atoms with E-state index >= 15 is 0 Å². The minimum atomic E-state index is -4.17. The first kappa shape index (κ1) is 33.5. The molecule has 1 amide bonds. The Labute approximate surface area is 282 Å². The Morgan fingerprint density at radius 2 is 1.65 bits per heavy atom. The summed E-state index contributed by atoms with van der Waals surface area (Å²) in [7, 11) is -4.17. The van der Waals surface area contributed by atoms with Crippen molar-refractivity contribution in [3.8, 4) is 17.1 Å². The predicted octanol–water partition coefficient (Wildman–Crippen LogP) is 6.08. The first-order chi connectivity index (χ1) is 22.9. The number of hydrogen-bond acceptors (Lipinski definition) is 9. The number of anilines is 1. The van der Waals surface area contributed by atoms with Gasteiger partial charge in [0.1, 0.15) is 12.4 Å². The lowest BCUT2D eigenvalue weighted by atomic mass is 9.87. The Balaban J connectivity index is 1.43. The lowest BCUT2D eigenvalue weighted by Gasteiger charge is -2.35. The SMILES string of the molecule is Cc1cccc(C)c1-c1cc2nc(n1)NS(=O)(=O)c1cccc(c1)C(=O)N(Cc1ncc(C3CCOCC3)cn1)[C@H](CC(C)(C)C)CO2. The van der Waals surface area contributed by atoms with Gasteiger partial charge in [-0.3, -0.25) is 4.79 Å². The number of benzene rings is 2. The molecule has 12 heteroatoms. The van der Waals surface area contributed by atoms with Gasteiger partial charge in [0.15, 0.2) is 0 Å². The minimum absolute atomic E-state index is 0.0828. The van der Waals surface area contributed by atoms with Crippen LogP contribution in [0.3, 0.4) is 0 Å². The average molecular weight is 671 g/mol. The molecule has 4 heterocycles. The zero-order valence-electron chi connectivity index (χ0n) is 28.1. The van der Waals surface area contributed by atoms with Crippen LogP contribution in [-0.4, -0.2) is 65.0 Å². The van der Waals surface area contributed by atoms with Crippen LogP contribution in [0.4, 0.5) is 5.95 Å². The number of carbonyl (C=O) groups excluding carboxylic acids is 1. The summed E-state index contributed by atoms with van der Waals surface area (Å²) in [5.41, 5.74) is 4.42. The third kappa shape index (κ3) is 7.65. The average Bonchev–Trinajstić information content (AvgIpc) is 3.05. The van der Waals surface area contributed by atoms with Gasteiger partial charge in [-0.1, -0.05) is 45.0 Å². The summed E-state index contributed by atoms with van der Waals surface area (Å²) in [6.45, 7) is 11.9. The van der Waals surface area contributed by atoms with Crippen LogP contribution in [0.2, 0.25) is 0 Å². The van der Waals surface area contributed by atoms with Gasteiger partial charge in [0.2, 0.25) is 11.8 Å². The number of hydrogen-bond donors (Lipinski definition) is 1. The Kier molecular flexibility index (Phi) is 9.48. The fraction of sp³-hybridized carbons (Fsp3) is 0.417. The fourth-order valence-electron chi connectivity index (χ4n) is 6.39. The molecule has 0 aliphatic carbocycles. The van der Waals surface area contributed by atoms with Crippen molar-refractivity contribution in [2.45, 2.75) is 77.3 Å². The third-order valence-corrected chi connectivity index (χ3v) is 10.1. The van der Waals surface area contributed by atoms with E-state index in [0.717, 1.165) is 35.1 Å². The summed E-state index contributed by atoms with van der Waals surface area (Å²) in [5, 5.41) is 0. The summed E-state index contributed by atoms with van der Waals surface area (Å²) in [5.74, 6) is 0.536. The molecule has 2 aromatic carbocycles. The van der Waals surface area contributed by atoms with Gasteiger partial charge >= 0.3 is 0 Å². The van der Waals surface area contributed by atoms with Crippen LogP contribution in [0, 0.1) is 19.3 Å². The van der Waals surface area contributed by atoms with Crippen LogP contribution in [-0.2, 0) is 21.3 Å². The fourth-order valence-corrected chi connectivity index (χ4v) is 7.38. The van der Waals surface area contributed by atoms with Gasteiger partial charge < -0.3 is 14.4 Å². The number of amides is 1. The van der Waals surface area contributed by atoms with E-state index in [-0.39, 0.29) is 46.8 Å². The van der Waals surface area contributed by atoms with Crippen LogP contribution in [0.25, 0.3) is 11.3 Å². The number of rotatable bonds is 5. The van der Waals surface area contributed by atoms with Crippen LogP contribution < -0.4 is 9.46 Å². The van der Waals surface area contributed by atoms with Gasteiger partial charge in [0, 0.05) is 42.8 Å². The number of aromatic nitrogens is 4. The number of nitrogens with one attached hydrogen (secondary N) is 1. The molecule has 0 radical (unpaired) electrons. The number of nitrogens with zero attached hydrogens (tertiary/aromatic N) is 5. The number of ether oxygens (including phenoxy) is 2. The molecule has 1 saturated heterocycles. The monoisotopic (exact) mass is 670 g/mol. The summed E-state index contributed by atoms with van der Waals surface area (Å²) >= 11 is 0. The quantitative estimate of drug-likeness (QED) is 0.268. The number of sulfonamides is 1. The van der Waals surface area contributed by atoms with Gasteiger partial charge in [-0.25, -0.2) is 28.1 Å². The Morgan fingerprint density at radius 1 is 0.958 bits per heavy atom. The molecule has 48 heavy (non-hydrogen) atoms. The lowest BCUT2D eigenvalue weighted by molar-refractivity contribution is 0.0505. The van der Waals surface area contributed by atoms with Crippen molar-refractivity contribution in [3.63, 3.8) is 0 Å². The van der Waals surface area contributed by atoms with Crippen molar-refractivity contribution in [1.29, 1.82) is 0 Å². The minimum Gasteiger partial charge on any atom is -0.475 e. The molecule has 2 aromatic heterocycles. The normalized spacial score (nSPS) is 18.6. The standard InChI is InChI=1S/C36H42N6O5S/c1-23-8-6-9-24(2)33(23)30-17-32-40-35(39-30)41-48(44,45)29-11-7-10-26(16-29)34(43)42(28(22-47-32)18-36(3,4)5)21-31-37-19-27(20-38-31)25-12-14-46-15-13-25/h6-11,16-17,19-20,25,28H,12-15,18,21-22H2,1-5H3,(H,39,40,41)/t28-/m1/s1. The molecule has 252 valence electrons. The van der Waals surface area contributed by atoms with E-state index in [1.54, 1.807) is 23.1 Å². The van der Waals surface area contributed by atoms with Crippen molar-refractivity contribution in [2.75, 3.05) is 24.5 Å². The highest BCUT2D eigenvalue weighted by Gasteiger charge is 2.32. The zero-order chi connectivity index (χ0) is 34.1. The Morgan fingerprint density at radius 3 is 2.33 bits per heavy atom. The zero-order valence-corrected chi connectivity index (χ0v) is 28.9. The van der Waals surface area contributed by atoms with Crippen molar-refractivity contribution in [1.82, 2.24) is 24.8 Å². The van der Waals surface area contributed by atoms with Crippen molar-refractivity contribution in [3.05, 3.63) is 89.0 Å². The highest BCUT2D eigenvalue weighted by atomic mass is 32.2. The maximum atomic E-state index is 14.4. The molecular formula is C36H42N6O5S. The molecule has 1 fully saturated rings. The second-order valence-electron chi connectivity index (χ2n) is 13.8. The molecular weight excluding hydrogens is 629 g/mol. The molecule has 6 rings (SSSR count). The Bertz CT molecular complexity index is 1880. The van der Waals surface area contributed by atoms with Crippen LogP contribution in [0.5, 0.6) is 5.88 Å². The smallest absolute Gasteiger partial charge is 0.264 e. The summed E-state index contributed by atoms with van der Waals surface area (Å²) < 4.78 is 41.7. The molecule has 2 aliphatic heterocycles. The molecule has 4 aromatic rings. The molecule has 0 spiro atoms. The van der Waals surface area contributed by atoms with Crippen LogP contribution >= 0.6 is 0 Å². The Hall–Kier alpha value is -4.42. The van der Waals surface area contributed by atoms with E-state index in [4.69, 9.17) is 9.47 Å². The summed E-state index contributed by atoms with van der Waals surface area (Å²) in [6, 6.07) is 13.2. The molecule has 0 unspecified atom stereocenters. The second kappa shape index (κ2) is 13.6. The lowest BCUT2D eigenvalue weighted by Crippen LogP contribution is -2.45. The first-order valence-electron chi connectivity index (χ1n) is 16.3. The maximum Gasteiger partial charge on any atom is 0.264 e. The summed E-state index contributed by atoms with van der Waals surface area (Å²) in [4.78, 5) is 34.4. The molecule has 2 aliphatic rings. The van der Waals surface area contributed by atoms with Gasteiger partial charge in [-0.05, 0) is 79.3 Å². The predicted molar refractivity (Wildman–Crippen MR) is 182 cm³/mol. The highest BCUT2D eigenvalue weighted by Crippen LogP contribution is 2.32. The third-order valence-electron chi connectivity index (χ3n) is 8.76. The van der Waals surface area contributed by atoms with Gasteiger partial charge in [-0.2, -0.15) is 4.98 Å². The van der Waals surface area contributed by atoms with E-state index in [0.29, 0.717) is 37.1 Å². The largest absolute Gasteiger partial charge is 0.475 e. The first-order valence-corrected chi connectivity index (χ1v) is 17.8. The van der Waals surface area contributed by atoms with Gasteiger partial charge in [0.25, 0.3) is 15.9 Å². The maximum absolute atomic E-state index is 14.4. The summed E-state index contributed by atoms with van der Waals surface area (Å²) in [6.07, 6.45) is 6.10. The molecule has 4 bridgehead atoms.